The summed E-state index contributed by atoms with van der Waals surface area (Å²) in [6.07, 6.45) is 0. The van der Waals surface area contributed by atoms with E-state index in [0.717, 1.165) is 0 Å². The molecule has 0 aromatic carbocycles. The third-order valence-corrected chi connectivity index (χ3v) is 1.89. The number of rotatable bonds is 2. The highest BCUT2D eigenvalue weighted by Crippen LogP contribution is 1.86. The summed E-state index contributed by atoms with van der Waals surface area (Å²) in [4.78, 5) is 0. The lowest BCUT2D eigenvalue weighted by atomic mass is 11.8. The zero-order valence-corrected chi connectivity index (χ0v) is 5.45. The lowest BCUT2D eigenvalue weighted by Crippen LogP contribution is -2.09. The standard InChI is InChI=1S/C2H6ClO2Si/c1-4-6(3)5-2/h1-2H3. The van der Waals surface area contributed by atoms with Crippen molar-refractivity contribution in [3.05, 3.63) is 0 Å². The lowest BCUT2D eigenvalue weighted by molar-refractivity contribution is 0.299. The van der Waals surface area contributed by atoms with Crippen molar-refractivity contribution in [2.45, 2.75) is 0 Å². The Hall–Kier alpha value is 0.427. The van der Waals surface area contributed by atoms with E-state index in [1.54, 1.807) is 0 Å². The van der Waals surface area contributed by atoms with Crippen LogP contribution < -0.4 is 0 Å². The minimum Gasteiger partial charge on any atom is -0.385 e. The van der Waals surface area contributed by atoms with E-state index in [1.165, 1.54) is 14.2 Å². The zero-order valence-electron chi connectivity index (χ0n) is 3.69. The van der Waals surface area contributed by atoms with Crippen LogP contribution >= 0.6 is 11.1 Å². The minimum atomic E-state index is -1.40. The maximum atomic E-state index is 5.31. The van der Waals surface area contributed by atoms with Crippen LogP contribution in [0.2, 0.25) is 0 Å². The second-order valence-corrected chi connectivity index (χ2v) is 2.86. The quantitative estimate of drug-likeness (QED) is 0.396. The molecule has 2 nitrogen and oxygen atoms in total. The Morgan fingerprint density at radius 3 is 1.67 bits per heavy atom. The molecule has 0 aliphatic carbocycles. The molecule has 0 aliphatic heterocycles. The summed E-state index contributed by atoms with van der Waals surface area (Å²) in [6, 6.07) is 0. The Kier molecular flexibility index (Phi) is 3.87. The van der Waals surface area contributed by atoms with Crippen LogP contribution in [0.15, 0.2) is 0 Å². The highest BCUT2D eigenvalue weighted by molar-refractivity contribution is 6.99. The number of halogens is 1. The molecule has 37 valence electrons. The van der Waals surface area contributed by atoms with E-state index >= 15 is 0 Å². The first-order chi connectivity index (χ1) is 2.81. The van der Waals surface area contributed by atoms with Crippen LogP contribution in [-0.2, 0) is 8.85 Å². The van der Waals surface area contributed by atoms with E-state index in [-0.39, 0.29) is 0 Å². The Morgan fingerprint density at radius 2 is 1.67 bits per heavy atom. The summed E-state index contributed by atoms with van der Waals surface area (Å²) in [6.45, 7) is 0. The van der Waals surface area contributed by atoms with Crippen molar-refractivity contribution in [1.82, 2.24) is 0 Å². The average molecular weight is 126 g/mol. The Balaban J connectivity index is 2.75. The molecule has 0 amide bonds. The highest BCUT2D eigenvalue weighted by atomic mass is 35.6. The van der Waals surface area contributed by atoms with Crippen LogP contribution in [0.5, 0.6) is 0 Å². The first kappa shape index (κ1) is 6.43. The van der Waals surface area contributed by atoms with Crippen molar-refractivity contribution >= 4 is 19.7 Å². The van der Waals surface area contributed by atoms with Gasteiger partial charge in [-0.1, -0.05) is 11.1 Å². The first-order valence-electron chi connectivity index (χ1n) is 1.41. The van der Waals surface area contributed by atoms with Crippen LogP contribution in [0.1, 0.15) is 0 Å². The van der Waals surface area contributed by atoms with Gasteiger partial charge >= 0.3 is 8.59 Å². The minimum absolute atomic E-state index is 1.40. The van der Waals surface area contributed by atoms with Gasteiger partial charge in [0, 0.05) is 14.2 Å². The number of hydrogen-bond acceptors (Lipinski definition) is 2. The average Bonchev–Trinajstić information content (AvgIpc) is 1.65. The normalized spacial score (nSPS) is 10.0. The lowest BCUT2D eigenvalue weighted by Gasteiger charge is -1.94. The third kappa shape index (κ3) is 2.65. The van der Waals surface area contributed by atoms with Gasteiger partial charge in [0.2, 0.25) is 0 Å². The van der Waals surface area contributed by atoms with E-state index in [9.17, 15) is 0 Å². The molecular weight excluding hydrogens is 120 g/mol. The van der Waals surface area contributed by atoms with E-state index in [4.69, 9.17) is 11.1 Å². The van der Waals surface area contributed by atoms with Crippen molar-refractivity contribution in [2.24, 2.45) is 0 Å². The molecule has 0 bridgehead atoms. The van der Waals surface area contributed by atoms with Crippen LogP contribution in [0.3, 0.4) is 0 Å². The second kappa shape index (κ2) is 3.61. The van der Waals surface area contributed by atoms with Gasteiger partial charge in [-0.25, -0.2) is 0 Å². The van der Waals surface area contributed by atoms with E-state index in [0.29, 0.717) is 0 Å². The van der Waals surface area contributed by atoms with Gasteiger partial charge in [-0.2, -0.15) is 0 Å². The van der Waals surface area contributed by atoms with E-state index < -0.39 is 8.59 Å². The predicted molar refractivity (Wildman–Crippen MR) is 25.6 cm³/mol. The largest absolute Gasteiger partial charge is 0.505 e. The van der Waals surface area contributed by atoms with Gasteiger partial charge in [-0.05, 0) is 0 Å². The molecule has 0 saturated heterocycles. The molecular formula is C2H6ClO2Si. The summed E-state index contributed by atoms with van der Waals surface area (Å²) in [7, 11) is 1.64. The third-order valence-electron chi connectivity index (χ3n) is 0.321. The SMILES string of the molecule is CO[Si](Cl)OC. The van der Waals surface area contributed by atoms with Gasteiger partial charge in [0.1, 0.15) is 0 Å². The molecule has 0 fully saturated rings. The van der Waals surface area contributed by atoms with Crippen molar-refractivity contribution in [3.63, 3.8) is 0 Å². The van der Waals surface area contributed by atoms with Crippen LogP contribution in [0, 0.1) is 0 Å². The molecule has 0 atom stereocenters. The summed E-state index contributed by atoms with van der Waals surface area (Å²) in [5.41, 5.74) is 0. The van der Waals surface area contributed by atoms with Gasteiger partial charge in [-0.3, -0.25) is 0 Å². The topological polar surface area (TPSA) is 18.5 Å². The molecule has 0 saturated carbocycles. The van der Waals surface area contributed by atoms with Crippen molar-refractivity contribution in [2.75, 3.05) is 14.2 Å². The Labute approximate surface area is 43.6 Å². The van der Waals surface area contributed by atoms with Gasteiger partial charge in [-0.15, -0.1) is 0 Å². The van der Waals surface area contributed by atoms with Crippen molar-refractivity contribution in [1.29, 1.82) is 0 Å². The first-order valence-corrected chi connectivity index (χ1v) is 3.74. The summed E-state index contributed by atoms with van der Waals surface area (Å²) in [5, 5.41) is 0. The fraction of sp³-hybridized carbons (Fsp3) is 1.00. The Morgan fingerprint density at radius 1 is 1.33 bits per heavy atom. The van der Waals surface area contributed by atoms with Crippen LogP contribution in [-0.4, -0.2) is 22.8 Å². The predicted octanol–water partition coefficient (Wildman–Crippen LogP) is 0.503. The smallest absolute Gasteiger partial charge is 0.385 e. The molecule has 0 rings (SSSR count). The summed E-state index contributed by atoms with van der Waals surface area (Å²) >= 11 is 5.31. The summed E-state index contributed by atoms with van der Waals surface area (Å²) < 4.78 is 9.09. The monoisotopic (exact) mass is 125 g/mol. The van der Waals surface area contributed by atoms with Crippen molar-refractivity contribution in [3.8, 4) is 0 Å². The molecule has 0 aliphatic rings. The Bertz CT molecular complexity index is 30.7. The fourth-order valence-electron chi connectivity index (χ4n) is 0.0833. The molecule has 0 aromatic rings. The van der Waals surface area contributed by atoms with Gasteiger partial charge < -0.3 is 8.85 Å². The van der Waals surface area contributed by atoms with Crippen LogP contribution in [0.4, 0.5) is 0 Å². The molecule has 0 heterocycles. The molecule has 4 heteroatoms. The molecule has 0 aromatic heterocycles. The molecule has 1 radical (unpaired) electrons. The summed E-state index contributed by atoms with van der Waals surface area (Å²) in [5.74, 6) is 0. The van der Waals surface area contributed by atoms with Gasteiger partial charge in [0.05, 0.1) is 0 Å². The molecule has 0 spiro atoms. The van der Waals surface area contributed by atoms with Gasteiger partial charge in [0.15, 0.2) is 0 Å². The molecule has 0 unspecified atom stereocenters. The zero-order chi connectivity index (χ0) is 4.99. The highest BCUT2D eigenvalue weighted by Gasteiger charge is 2.03. The second-order valence-electron chi connectivity index (χ2n) is 0.646. The molecule has 0 N–H and O–H groups in total. The fourth-order valence-corrected chi connectivity index (χ4v) is 0.250. The van der Waals surface area contributed by atoms with Crippen LogP contribution in [0.25, 0.3) is 0 Å². The molecule has 6 heavy (non-hydrogen) atoms. The van der Waals surface area contributed by atoms with E-state index in [2.05, 4.69) is 8.85 Å². The maximum Gasteiger partial charge on any atom is 0.505 e. The van der Waals surface area contributed by atoms with E-state index in [1.807, 2.05) is 0 Å². The maximum absolute atomic E-state index is 5.31. The van der Waals surface area contributed by atoms with Crippen molar-refractivity contribution < 1.29 is 8.85 Å². The number of hydrogen-bond donors (Lipinski definition) is 0. The van der Waals surface area contributed by atoms with Gasteiger partial charge in [0.25, 0.3) is 0 Å².